The van der Waals surface area contributed by atoms with Gasteiger partial charge in [-0.15, -0.1) is 0 Å². The van der Waals surface area contributed by atoms with Crippen LogP contribution in [0.1, 0.15) is 38.0 Å². The average molecular weight is 303 g/mol. The van der Waals surface area contributed by atoms with Crippen LogP contribution in [-0.2, 0) is 4.74 Å². The molecule has 2 saturated heterocycles. The highest BCUT2D eigenvalue weighted by molar-refractivity contribution is 5.57. The van der Waals surface area contributed by atoms with Crippen LogP contribution in [0.2, 0.25) is 0 Å². The number of nitrogens with one attached hydrogen (secondary N) is 1. The molecule has 1 aromatic rings. The van der Waals surface area contributed by atoms with Crippen molar-refractivity contribution in [3.63, 3.8) is 0 Å². The van der Waals surface area contributed by atoms with Gasteiger partial charge in [-0.3, -0.25) is 4.79 Å². The molecule has 0 amide bonds. The summed E-state index contributed by atoms with van der Waals surface area (Å²) in [4.78, 5) is 14.7. The van der Waals surface area contributed by atoms with Gasteiger partial charge in [0.05, 0.1) is 11.9 Å². The Kier molecular flexibility index (Phi) is 4.41. The molecule has 3 rings (SSSR count). The molecule has 7 nitrogen and oxygen atoms in total. The van der Waals surface area contributed by atoms with Crippen LogP contribution in [0, 0.1) is 11.3 Å². The largest absolute Gasteiger partial charge is 0.364 e. The zero-order valence-electron chi connectivity index (χ0n) is 12.8. The van der Waals surface area contributed by atoms with Crippen molar-refractivity contribution in [3.8, 4) is 6.07 Å². The monoisotopic (exact) mass is 303 g/mol. The van der Waals surface area contributed by atoms with E-state index in [1.54, 1.807) is 6.20 Å². The Balaban J connectivity index is 1.97. The minimum absolute atomic E-state index is 0.165. The van der Waals surface area contributed by atoms with Gasteiger partial charge in [-0.05, 0) is 26.2 Å². The number of nitrogens with zero attached hydrogens (tertiary/aromatic N) is 4. The predicted octanol–water partition coefficient (Wildman–Crippen LogP) is 0.612. The van der Waals surface area contributed by atoms with Gasteiger partial charge in [0.15, 0.2) is 6.23 Å². The van der Waals surface area contributed by atoms with Crippen LogP contribution in [-0.4, -0.2) is 42.1 Å². The summed E-state index contributed by atoms with van der Waals surface area (Å²) >= 11 is 0. The molecule has 2 aliphatic rings. The van der Waals surface area contributed by atoms with Crippen molar-refractivity contribution in [1.82, 2.24) is 15.1 Å². The third kappa shape index (κ3) is 2.72. The van der Waals surface area contributed by atoms with Crippen LogP contribution >= 0.6 is 0 Å². The van der Waals surface area contributed by atoms with Crippen LogP contribution in [0.15, 0.2) is 11.0 Å². The van der Waals surface area contributed by atoms with E-state index in [-0.39, 0.29) is 23.4 Å². The van der Waals surface area contributed by atoms with Gasteiger partial charge in [0.2, 0.25) is 0 Å². The number of nitriles is 1. The minimum Gasteiger partial charge on any atom is -0.364 e. The number of hydrogen-bond donors (Lipinski definition) is 1. The van der Waals surface area contributed by atoms with Gasteiger partial charge in [0.1, 0.15) is 11.6 Å². The van der Waals surface area contributed by atoms with Gasteiger partial charge in [-0.1, -0.05) is 0 Å². The van der Waals surface area contributed by atoms with Crippen LogP contribution in [0.3, 0.4) is 0 Å². The molecular weight excluding hydrogens is 282 g/mol. The van der Waals surface area contributed by atoms with Crippen molar-refractivity contribution < 1.29 is 4.74 Å². The van der Waals surface area contributed by atoms with Gasteiger partial charge in [0, 0.05) is 32.3 Å². The predicted molar refractivity (Wildman–Crippen MR) is 81.7 cm³/mol. The van der Waals surface area contributed by atoms with Gasteiger partial charge in [0.25, 0.3) is 5.56 Å². The highest BCUT2D eigenvalue weighted by atomic mass is 16.5. The number of anilines is 1. The second kappa shape index (κ2) is 6.46. The lowest BCUT2D eigenvalue weighted by atomic mass is 10.1. The molecule has 2 fully saturated rings. The smallest absolute Gasteiger partial charge is 0.289 e. The Hall–Kier alpha value is -1.91. The van der Waals surface area contributed by atoms with Crippen molar-refractivity contribution >= 4 is 5.69 Å². The Bertz CT molecular complexity index is 630. The van der Waals surface area contributed by atoms with Crippen molar-refractivity contribution in [2.75, 3.05) is 31.1 Å². The summed E-state index contributed by atoms with van der Waals surface area (Å²) in [6.45, 7) is 5.14. The first kappa shape index (κ1) is 15.0. The van der Waals surface area contributed by atoms with Gasteiger partial charge in [-0.25, -0.2) is 0 Å². The standard InChI is InChI=1S/C15H21N5O2/c1-11-9-17-5-6-19(11)13-10-18-20(15(21)12(13)8-16)14-4-2-3-7-22-14/h10-11,14,17H,2-7,9H2,1H3/t11-,14?/m1/s1. The molecular formula is C15H21N5O2. The Morgan fingerprint density at radius 3 is 3.05 bits per heavy atom. The summed E-state index contributed by atoms with van der Waals surface area (Å²) in [5, 5.41) is 17.1. The molecule has 1 N–H and O–H groups in total. The molecule has 0 aromatic carbocycles. The second-order valence-corrected chi connectivity index (χ2v) is 5.83. The number of piperazine rings is 1. The van der Waals surface area contributed by atoms with E-state index in [0.29, 0.717) is 12.3 Å². The third-order valence-electron chi connectivity index (χ3n) is 4.33. The maximum Gasteiger partial charge on any atom is 0.289 e. The molecule has 2 aliphatic heterocycles. The molecule has 118 valence electrons. The summed E-state index contributed by atoms with van der Waals surface area (Å²) in [6.07, 6.45) is 4.08. The molecule has 0 spiro atoms. The van der Waals surface area contributed by atoms with E-state index >= 15 is 0 Å². The maximum absolute atomic E-state index is 12.6. The van der Waals surface area contributed by atoms with Gasteiger partial charge >= 0.3 is 0 Å². The van der Waals surface area contributed by atoms with E-state index in [0.717, 1.165) is 38.9 Å². The quantitative estimate of drug-likeness (QED) is 0.862. The number of aromatic nitrogens is 2. The minimum atomic E-state index is -0.349. The molecule has 0 saturated carbocycles. The first-order valence-corrected chi connectivity index (χ1v) is 7.83. The second-order valence-electron chi connectivity index (χ2n) is 5.83. The molecule has 0 aliphatic carbocycles. The SMILES string of the molecule is C[C@@H]1CNCCN1c1cnn(C2CCCCO2)c(=O)c1C#N. The van der Waals surface area contributed by atoms with Crippen LogP contribution < -0.4 is 15.8 Å². The van der Waals surface area contributed by atoms with E-state index in [9.17, 15) is 10.1 Å². The van der Waals surface area contributed by atoms with E-state index < -0.39 is 0 Å². The molecule has 7 heteroatoms. The Labute approximate surface area is 129 Å². The molecule has 3 heterocycles. The van der Waals surface area contributed by atoms with Crippen LogP contribution in [0.4, 0.5) is 5.69 Å². The third-order valence-corrected chi connectivity index (χ3v) is 4.33. The van der Waals surface area contributed by atoms with E-state index in [1.165, 1.54) is 4.68 Å². The fraction of sp³-hybridized carbons (Fsp3) is 0.667. The van der Waals surface area contributed by atoms with Crippen LogP contribution in [0.25, 0.3) is 0 Å². The molecule has 0 bridgehead atoms. The molecule has 2 atom stereocenters. The average Bonchev–Trinajstić information content (AvgIpc) is 2.56. The first-order valence-electron chi connectivity index (χ1n) is 7.83. The highest BCUT2D eigenvalue weighted by Crippen LogP contribution is 2.23. The van der Waals surface area contributed by atoms with Crippen molar-refractivity contribution in [1.29, 1.82) is 5.26 Å². The lowest BCUT2D eigenvalue weighted by Gasteiger charge is -2.36. The summed E-state index contributed by atoms with van der Waals surface area (Å²) < 4.78 is 6.95. The van der Waals surface area contributed by atoms with E-state index in [4.69, 9.17) is 4.74 Å². The van der Waals surface area contributed by atoms with Gasteiger partial charge in [-0.2, -0.15) is 15.0 Å². The van der Waals surface area contributed by atoms with Gasteiger partial charge < -0.3 is 15.0 Å². The first-order chi connectivity index (χ1) is 10.7. The fourth-order valence-electron chi connectivity index (χ4n) is 3.10. The fourth-order valence-corrected chi connectivity index (χ4v) is 3.10. The number of rotatable bonds is 2. The van der Waals surface area contributed by atoms with E-state index in [2.05, 4.69) is 28.3 Å². The molecule has 0 radical (unpaired) electrons. The van der Waals surface area contributed by atoms with Crippen LogP contribution in [0.5, 0.6) is 0 Å². The zero-order chi connectivity index (χ0) is 15.5. The normalized spacial score (nSPS) is 25.7. The lowest BCUT2D eigenvalue weighted by molar-refractivity contribution is -0.0425. The maximum atomic E-state index is 12.6. The highest BCUT2D eigenvalue weighted by Gasteiger charge is 2.26. The van der Waals surface area contributed by atoms with E-state index in [1.807, 2.05) is 0 Å². The van der Waals surface area contributed by atoms with Crippen molar-refractivity contribution in [3.05, 3.63) is 22.1 Å². The zero-order valence-corrected chi connectivity index (χ0v) is 12.8. The molecule has 1 aromatic heterocycles. The Morgan fingerprint density at radius 2 is 2.36 bits per heavy atom. The molecule has 1 unspecified atom stereocenters. The number of ether oxygens (including phenoxy) is 1. The topological polar surface area (TPSA) is 83.2 Å². The molecule has 22 heavy (non-hydrogen) atoms. The van der Waals surface area contributed by atoms with Crippen molar-refractivity contribution in [2.24, 2.45) is 0 Å². The Morgan fingerprint density at radius 1 is 1.50 bits per heavy atom. The summed E-state index contributed by atoms with van der Waals surface area (Å²) in [5.41, 5.74) is 0.448. The lowest BCUT2D eigenvalue weighted by Crippen LogP contribution is -2.50. The summed E-state index contributed by atoms with van der Waals surface area (Å²) in [7, 11) is 0. The van der Waals surface area contributed by atoms with Crippen molar-refractivity contribution in [2.45, 2.75) is 38.5 Å². The summed E-state index contributed by atoms with van der Waals surface area (Å²) in [5.74, 6) is 0. The summed E-state index contributed by atoms with van der Waals surface area (Å²) in [6, 6.07) is 2.30. The number of hydrogen-bond acceptors (Lipinski definition) is 6.